The maximum atomic E-state index is 13.0. The van der Waals surface area contributed by atoms with E-state index in [2.05, 4.69) is 25.4 Å². The molecule has 1 amide bonds. The van der Waals surface area contributed by atoms with E-state index in [1.807, 2.05) is 36.5 Å². The lowest BCUT2D eigenvalue weighted by Crippen LogP contribution is -2.37. The van der Waals surface area contributed by atoms with Crippen molar-refractivity contribution in [2.45, 2.75) is 31.2 Å². The minimum absolute atomic E-state index is 0.0405. The highest BCUT2D eigenvalue weighted by atomic mass is 16.5. The molecule has 154 valence electrons. The van der Waals surface area contributed by atoms with E-state index in [4.69, 9.17) is 9.72 Å². The van der Waals surface area contributed by atoms with Gasteiger partial charge >= 0.3 is 0 Å². The fourth-order valence-electron chi connectivity index (χ4n) is 3.90. The SMILES string of the molecule is COc1cccc(-c2[nH]ncc2C(=O)NC2CCN(c3nccc(C4CC4)n3)C2)c1. The van der Waals surface area contributed by atoms with Crippen LogP contribution in [0.1, 0.15) is 41.2 Å². The summed E-state index contributed by atoms with van der Waals surface area (Å²) in [6.45, 7) is 1.53. The molecule has 1 aliphatic carbocycles. The van der Waals surface area contributed by atoms with Crippen molar-refractivity contribution in [1.29, 1.82) is 0 Å². The number of carbonyl (C=O) groups is 1. The van der Waals surface area contributed by atoms with Crippen LogP contribution in [-0.2, 0) is 0 Å². The molecular weight excluding hydrogens is 380 g/mol. The van der Waals surface area contributed by atoms with Crippen molar-refractivity contribution in [3.05, 3.63) is 54.0 Å². The fraction of sp³-hybridized carbons (Fsp3) is 0.364. The molecule has 2 N–H and O–H groups in total. The minimum atomic E-state index is -0.138. The molecule has 2 fully saturated rings. The van der Waals surface area contributed by atoms with Crippen LogP contribution in [0.2, 0.25) is 0 Å². The number of ether oxygens (including phenoxy) is 1. The number of anilines is 1. The Bertz CT molecular complexity index is 1060. The fourth-order valence-corrected chi connectivity index (χ4v) is 3.90. The zero-order chi connectivity index (χ0) is 20.5. The summed E-state index contributed by atoms with van der Waals surface area (Å²) < 4.78 is 5.29. The van der Waals surface area contributed by atoms with Crippen molar-refractivity contribution in [3.8, 4) is 17.0 Å². The molecule has 1 saturated heterocycles. The smallest absolute Gasteiger partial charge is 0.255 e. The number of aromatic nitrogens is 4. The first-order valence-corrected chi connectivity index (χ1v) is 10.3. The van der Waals surface area contributed by atoms with Gasteiger partial charge in [-0.05, 0) is 37.5 Å². The van der Waals surface area contributed by atoms with Crippen molar-refractivity contribution in [3.63, 3.8) is 0 Å². The number of nitrogens with zero attached hydrogens (tertiary/aromatic N) is 4. The molecule has 3 heterocycles. The zero-order valence-electron chi connectivity index (χ0n) is 16.8. The highest BCUT2D eigenvalue weighted by molar-refractivity contribution is 6.00. The maximum absolute atomic E-state index is 13.0. The summed E-state index contributed by atoms with van der Waals surface area (Å²) in [6.07, 6.45) is 6.70. The van der Waals surface area contributed by atoms with Crippen LogP contribution in [0.15, 0.2) is 42.7 Å². The number of methoxy groups -OCH3 is 1. The van der Waals surface area contributed by atoms with Crippen LogP contribution in [0.25, 0.3) is 11.3 Å². The van der Waals surface area contributed by atoms with Gasteiger partial charge in [0.15, 0.2) is 0 Å². The number of hydrogen-bond donors (Lipinski definition) is 2. The van der Waals surface area contributed by atoms with Crippen LogP contribution in [-0.4, -0.2) is 52.3 Å². The topological polar surface area (TPSA) is 96.0 Å². The average Bonchev–Trinajstić information content (AvgIpc) is 3.33. The van der Waals surface area contributed by atoms with Crippen LogP contribution in [0.3, 0.4) is 0 Å². The van der Waals surface area contributed by atoms with Crippen molar-refractivity contribution in [2.75, 3.05) is 25.1 Å². The predicted octanol–water partition coefficient (Wildman–Crippen LogP) is 2.76. The summed E-state index contributed by atoms with van der Waals surface area (Å²) in [7, 11) is 1.62. The standard InChI is InChI=1S/C22H24N6O2/c1-30-17-4-2-3-15(11-17)20-18(12-24-27-20)21(29)25-16-8-10-28(13-16)22-23-9-7-19(26-22)14-5-6-14/h2-4,7,9,11-12,14,16H,5-6,8,10,13H2,1H3,(H,24,27)(H,25,29). The predicted molar refractivity (Wildman–Crippen MR) is 113 cm³/mol. The van der Waals surface area contributed by atoms with Gasteiger partial charge in [-0.1, -0.05) is 12.1 Å². The van der Waals surface area contributed by atoms with E-state index in [-0.39, 0.29) is 11.9 Å². The van der Waals surface area contributed by atoms with Crippen LogP contribution >= 0.6 is 0 Å². The molecule has 2 aliphatic rings. The molecule has 1 atom stereocenters. The van der Waals surface area contributed by atoms with E-state index < -0.39 is 0 Å². The molecule has 0 bridgehead atoms. The lowest BCUT2D eigenvalue weighted by Gasteiger charge is -2.17. The van der Waals surface area contributed by atoms with Crippen molar-refractivity contribution in [2.24, 2.45) is 0 Å². The summed E-state index contributed by atoms with van der Waals surface area (Å²) >= 11 is 0. The van der Waals surface area contributed by atoms with E-state index in [1.54, 1.807) is 13.3 Å². The summed E-state index contributed by atoms with van der Waals surface area (Å²) in [5.74, 6) is 1.95. The van der Waals surface area contributed by atoms with E-state index in [0.717, 1.165) is 35.9 Å². The molecule has 0 radical (unpaired) electrons. The van der Waals surface area contributed by atoms with Gasteiger partial charge in [-0.3, -0.25) is 9.89 Å². The molecular formula is C22H24N6O2. The van der Waals surface area contributed by atoms with Gasteiger partial charge in [0.25, 0.3) is 5.91 Å². The Morgan fingerprint density at radius 1 is 1.27 bits per heavy atom. The quantitative estimate of drug-likeness (QED) is 0.656. The molecule has 1 saturated carbocycles. The number of nitrogens with one attached hydrogen (secondary N) is 2. The summed E-state index contributed by atoms with van der Waals surface area (Å²) in [5, 5.41) is 10.2. The highest BCUT2D eigenvalue weighted by Crippen LogP contribution is 2.39. The second-order valence-electron chi connectivity index (χ2n) is 7.85. The molecule has 1 unspecified atom stereocenters. The molecule has 0 spiro atoms. The number of benzene rings is 1. The van der Waals surface area contributed by atoms with E-state index in [1.165, 1.54) is 12.8 Å². The molecule has 1 aliphatic heterocycles. The number of hydrogen-bond acceptors (Lipinski definition) is 6. The van der Waals surface area contributed by atoms with Crippen LogP contribution < -0.4 is 15.0 Å². The second-order valence-corrected chi connectivity index (χ2v) is 7.85. The van der Waals surface area contributed by atoms with Crippen molar-refractivity contribution >= 4 is 11.9 Å². The largest absolute Gasteiger partial charge is 0.497 e. The van der Waals surface area contributed by atoms with Gasteiger partial charge in [-0.25, -0.2) is 9.97 Å². The molecule has 3 aromatic rings. The third-order valence-electron chi connectivity index (χ3n) is 5.71. The first kappa shape index (κ1) is 18.6. The Kier molecular flexibility index (Phi) is 4.82. The highest BCUT2D eigenvalue weighted by Gasteiger charge is 2.29. The molecule has 30 heavy (non-hydrogen) atoms. The number of carbonyl (C=O) groups excluding carboxylic acids is 1. The maximum Gasteiger partial charge on any atom is 0.255 e. The first-order chi connectivity index (χ1) is 14.7. The van der Waals surface area contributed by atoms with Gasteiger partial charge in [0.1, 0.15) is 5.75 Å². The monoisotopic (exact) mass is 404 g/mol. The van der Waals surface area contributed by atoms with Gasteiger partial charge in [-0.2, -0.15) is 5.10 Å². The number of aromatic amines is 1. The molecule has 1 aromatic carbocycles. The first-order valence-electron chi connectivity index (χ1n) is 10.3. The van der Waals surface area contributed by atoms with Crippen LogP contribution in [0.4, 0.5) is 5.95 Å². The molecule has 2 aromatic heterocycles. The Balaban J connectivity index is 1.27. The summed E-state index contributed by atoms with van der Waals surface area (Å²) in [6, 6.07) is 9.61. The number of amides is 1. The molecule has 8 nitrogen and oxygen atoms in total. The van der Waals surface area contributed by atoms with Crippen LogP contribution in [0.5, 0.6) is 5.75 Å². The Morgan fingerprint density at radius 3 is 3.00 bits per heavy atom. The van der Waals surface area contributed by atoms with Gasteiger partial charge in [-0.15, -0.1) is 0 Å². The van der Waals surface area contributed by atoms with Crippen molar-refractivity contribution in [1.82, 2.24) is 25.5 Å². The van der Waals surface area contributed by atoms with E-state index >= 15 is 0 Å². The number of H-pyrrole nitrogens is 1. The lowest BCUT2D eigenvalue weighted by atomic mass is 10.1. The summed E-state index contributed by atoms with van der Waals surface area (Å²) in [4.78, 5) is 24.3. The zero-order valence-corrected chi connectivity index (χ0v) is 16.8. The van der Waals surface area contributed by atoms with Crippen LogP contribution in [0, 0.1) is 0 Å². The van der Waals surface area contributed by atoms with E-state index in [0.29, 0.717) is 23.7 Å². The Morgan fingerprint density at radius 2 is 2.17 bits per heavy atom. The molecule has 8 heteroatoms. The second kappa shape index (κ2) is 7.78. The normalized spacial score (nSPS) is 18.4. The number of rotatable bonds is 6. The van der Waals surface area contributed by atoms with Gasteiger partial charge < -0.3 is 15.0 Å². The van der Waals surface area contributed by atoms with Gasteiger partial charge in [0.2, 0.25) is 5.95 Å². The van der Waals surface area contributed by atoms with Gasteiger partial charge in [0.05, 0.1) is 24.6 Å². The van der Waals surface area contributed by atoms with E-state index in [9.17, 15) is 4.79 Å². The van der Waals surface area contributed by atoms with Crippen molar-refractivity contribution < 1.29 is 9.53 Å². The summed E-state index contributed by atoms with van der Waals surface area (Å²) in [5.41, 5.74) is 3.19. The Hall–Kier alpha value is -3.42. The van der Waals surface area contributed by atoms with Gasteiger partial charge in [0, 0.05) is 42.5 Å². The molecule has 5 rings (SSSR count). The third-order valence-corrected chi connectivity index (χ3v) is 5.71. The Labute approximate surface area is 174 Å². The third kappa shape index (κ3) is 3.72. The minimum Gasteiger partial charge on any atom is -0.497 e. The average molecular weight is 404 g/mol. The lowest BCUT2D eigenvalue weighted by molar-refractivity contribution is 0.0941.